The van der Waals surface area contributed by atoms with E-state index in [1.165, 1.54) is 14.0 Å². The standard InChI is InChI=1S/C17H17NO5/c1-10(15(11(2)19)17(20)23-3)13-9-8-12-6-4-5-7-14(12)16(13)18(21)22/h4-10,15H,1-3H3. The topological polar surface area (TPSA) is 86.5 Å². The fourth-order valence-electron chi connectivity index (χ4n) is 2.87. The van der Waals surface area contributed by atoms with Crippen molar-refractivity contribution in [3.63, 3.8) is 0 Å². The molecule has 0 aliphatic rings. The van der Waals surface area contributed by atoms with Crippen LogP contribution in [0.25, 0.3) is 10.8 Å². The van der Waals surface area contributed by atoms with Crippen LogP contribution in [0.3, 0.4) is 0 Å². The highest BCUT2D eigenvalue weighted by atomic mass is 16.6. The lowest BCUT2D eigenvalue weighted by Crippen LogP contribution is -2.28. The second-order valence-corrected chi connectivity index (χ2v) is 5.38. The highest BCUT2D eigenvalue weighted by Gasteiger charge is 2.35. The molecule has 0 N–H and O–H groups in total. The second kappa shape index (κ2) is 6.56. The van der Waals surface area contributed by atoms with Crippen molar-refractivity contribution in [2.75, 3.05) is 7.11 Å². The number of esters is 1. The summed E-state index contributed by atoms with van der Waals surface area (Å²) < 4.78 is 4.67. The lowest BCUT2D eigenvalue weighted by molar-refractivity contribution is -0.383. The van der Waals surface area contributed by atoms with Crippen molar-refractivity contribution >= 4 is 28.2 Å². The van der Waals surface area contributed by atoms with Gasteiger partial charge in [0, 0.05) is 11.5 Å². The monoisotopic (exact) mass is 315 g/mol. The zero-order valence-electron chi connectivity index (χ0n) is 13.1. The minimum Gasteiger partial charge on any atom is -0.468 e. The Morgan fingerprint density at radius 1 is 1.17 bits per heavy atom. The van der Waals surface area contributed by atoms with Gasteiger partial charge in [-0.25, -0.2) is 0 Å². The van der Waals surface area contributed by atoms with E-state index in [0.717, 1.165) is 5.39 Å². The lowest BCUT2D eigenvalue weighted by Gasteiger charge is -2.20. The first-order valence-electron chi connectivity index (χ1n) is 7.12. The molecule has 23 heavy (non-hydrogen) atoms. The van der Waals surface area contributed by atoms with Gasteiger partial charge in [0.2, 0.25) is 0 Å². The summed E-state index contributed by atoms with van der Waals surface area (Å²) in [6.07, 6.45) is 0. The van der Waals surface area contributed by atoms with Crippen molar-refractivity contribution < 1.29 is 19.2 Å². The summed E-state index contributed by atoms with van der Waals surface area (Å²) in [6, 6.07) is 10.3. The quantitative estimate of drug-likeness (QED) is 0.366. The third kappa shape index (κ3) is 3.06. The number of ketones is 1. The Kier molecular flexibility index (Phi) is 4.74. The molecule has 120 valence electrons. The third-order valence-electron chi connectivity index (χ3n) is 4.00. The Bertz CT molecular complexity index is 784. The van der Waals surface area contributed by atoms with E-state index >= 15 is 0 Å². The number of nitro benzene ring substituents is 1. The number of hydrogen-bond acceptors (Lipinski definition) is 5. The van der Waals surface area contributed by atoms with Crippen LogP contribution in [0.5, 0.6) is 0 Å². The molecule has 2 rings (SSSR count). The molecule has 0 amide bonds. The van der Waals surface area contributed by atoms with Crippen molar-refractivity contribution in [3.05, 3.63) is 52.1 Å². The van der Waals surface area contributed by atoms with Crippen LogP contribution in [0.4, 0.5) is 5.69 Å². The number of nitrogens with zero attached hydrogens (tertiary/aromatic N) is 1. The first-order chi connectivity index (χ1) is 10.9. The number of ether oxygens (including phenoxy) is 1. The molecule has 0 saturated heterocycles. The van der Waals surface area contributed by atoms with Gasteiger partial charge in [-0.05, 0) is 18.4 Å². The predicted molar refractivity (Wildman–Crippen MR) is 85.2 cm³/mol. The SMILES string of the molecule is COC(=O)C(C(C)=O)C(C)c1ccc2ccccc2c1[N+](=O)[O-]. The maximum atomic E-state index is 11.9. The maximum absolute atomic E-state index is 11.9. The van der Waals surface area contributed by atoms with Crippen LogP contribution in [-0.4, -0.2) is 23.8 Å². The summed E-state index contributed by atoms with van der Waals surface area (Å²) >= 11 is 0. The number of rotatable bonds is 5. The molecule has 0 aliphatic heterocycles. The van der Waals surface area contributed by atoms with Gasteiger partial charge in [-0.15, -0.1) is 0 Å². The number of nitro groups is 1. The van der Waals surface area contributed by atoms with Gasteiger partial charge in [0.15, 0.2) is 0 Å². The summed E-state index contributed by atoms with van der Waals surface area (Å²) in [4.78, 5) is 34.8. The summed E-state index contributed by atoms with van der Waals surface area (Å²) in [5.41, 5.74) is 0.269. The molecular weight excluding hydrogens is 298 g/mol. The van der Waals surface area contributed by atoms with E-state index in [-0.39, 0.29) is 11.5 Å². The van der Waals surface area contributed by atoms with Gasteiger partial charge in [0.25, 0.3) is 5.69 Å². The van der Waals surface area contributed by atoms with Crippen molar-refractivity contribution in [1.82, 2.24) is 0 Å². The number of carbonyl (C=O) groups excluding carboxylic acids is 2. The normalized spacial score (nSPS) is 13.3. The van der Waals surface area contributed by atoms with Crippen LogP contribution in [0.2, 0.25) is 0 Å². The number of hydrogen-bond donors (Lipinski definition) is 0. The summed E-state index contributed by atoms with van der Waals surface area (Å²) in [5.74, 6) is -2.80. The molecule has 0 saturated carbocycles. The average molecular weight is 315 g/mol. The fraction of sp³-hybridized carbons (Fsp3) is 0.294. The molecule has 2 aromatic rings. The van der Waals surface area contributed by atoms with Gasteiger partial charge in [-0.2, -0.15) is 0 Å². The highest BCUT2D eigenvalue weighted by Crippen LogP contribution is 2.37. The Balaban J connectivity index is 2.66. The van der Waals surface area contributed by atoms with Gasteiger partial charge in [0.1, 0.15) is 11.7 Å². The van der Waals surface area contributed by atoms with Gasteiger partial charge in [-0.3, -0.25) is 19.7 Å². The van der Waals surface area contributed by atoms with E-state index in [1.807, 2.05) is 0 Å². The number of benzene rings is 2. The smallest absolute Gasteiger partial charge is 0.316 e. The maximum Gasteiger partial charge on any atom is 0.316 e. The zero-order valence-corrected chi connectivity index (χ0v) is 13.1. The van der Waals surface area contributed by atoms with E-state index in [0.29, 0.717) is 10.9 Å². The molecule has 6 nitrogen and oxygen atoms in total. The molecule has 0 spiro atoms. The van der Waals surface area contributed by atoms with E-state index in [1.54, 1.807) is 43.3 Å². The average Bonchev–Trinajstić information content (AvgIpc) is 2.52. The molecule has 2 atom stereocenters. The van der Waals surface area contributed by atoms with Crippen molar-refractivity contribution in [3.8, 4) is 0 Å². The van der Waals surface area contributed by atoms with Crippen molar-refractivity contribution in [2.24, 2.45) is 5.92 Å². The Labute approximate surface area is 133 Å². The van der Waals surface area contributed by atoms with Gasteiger partial charge in [-0.1, -0.05) is 37.3 Å². The molecule has 0 aliphatic carbocycles. The van der Waals surface area contributed by atoms with Crippen molar-refractivity contribution in [1.29, 1.82) is 0 Å². The van der Waals surface area contributed by atoms with Crippen molar-refractivity contribution in [2.45, 2.75) is 19.8 Å². The van der Waals surface area contributed by atoms with Gasteiger partial charge < -0.3 is 4.74 Å². The molecule has 6 heteroatoms. The molecule has 0 aromatic heterocycles. The summed E-state index contributed by atoms with van der Waals surface area (Å²) in [6.45, 7) is 2.91. The van der Waals surface area contributed by atoms with Crippen LogP contribution in [0, 0.1) is 16.0 Å². The molecular formula is C17H17NO5. The van der Waals surface area contributed by atoms with Crippen LogP contribution >= 0.6 is 0 Å². The molecule has 2 aromatic carbocycles. The summed E-state index contributed by atoms with van der Waals surface area (Å²) in [7, 11) is 1.19. The first kappa shape index (κ1) is 16.6. The largest absolute Gasteiger partial charge is 0.468 e. The molecule has 0 heterocycles. The zero-order chi connectivity index (χ0) is 17.1. The Morgan fingerprint density at radius 3 is 2.39 bits per heavy atom. The molecule has 0 fully saturated rings. The lowest BCUT2D eigenvalue weighted by atomic mass is 9.83. The fourth-order valence-corrected chi connectivity index (χ4v) is 2.87. The second-order valence-electron chi connectivity index (χ2n) is 5.38. The summed E-state index contributed by atoms with van der Waals surface area (Å²) in [5, 5.41) is 12.8. The number of fused-ring (bicyclic) bond motifs is 1. The first-order valence-corrected chi connectivity index (χ1v) is 7.12. The Hall–Kier alpha value is -2.76. The highest BCUT2D eigenvalue weighted by molar-refractivity contribution is 5.99. The van der Waals surface area contributed by atoms with Gasteiger partial charge >= 0.3 is 5.97 Å². The van der Waals surface area contributed by atoms with E-state index in [9.17, 15) is 19.7 Å². The number of methoxy groups -OCH3 is 1. The van der Waals surface area contributed by atoms with Gasteiger partial charge in [0.05, 0.1) is 17.4 Å². The van der Waals surface area contributed by atoms with Crippen LogP contribution in [0.15, 0.2) is 36.4 Å². The van der Waals surface area contributed by atoms with Crippen LogP contribution < -0.4 is 0 Å². The molecule has 0 bridgehead atoms. The molecule has 2 unspecified atom stereocenters. The third-order valence-corrected chi connectivity index (χ3v) is 4.00. The predicted octanol–water partition coefficient (Wildman–Crippen LogP) is 3.23. The molecule has 0 radical (unpaired) electrons. The van der Waals surface area contributed by atoms with Crippen LogP contribution in [0.1, 0.15) is 25.3 Å². The minimum atomic E-state index is -1.07. The van der Waals surface area contributed by atoms with E-state index in [4.69, 9.17) is 0 Å². The van der Waals surface area contributed by atoms with Crippen LogP contribution in [-0.2, 0) is 14.3 Å². The van der Waals surface area contributed by atoms with E-state index in [2.05, 4.69) is 4.74 Å². The minimum absolute atomic E-state index is 0.0780. The van der Waals surface area contributed by atoms with E-state index < -0.39 is 22.7 Å². The number of Topliss-reactive ketones (excluding diaryl/α,β-unsaturated/α-hetero) is 1. The Morgan fingerprint density at radius 2 is 1.83 bits per heavy atom. The number of carbonyl (C=O) groups is 2.